The molecular formula is C21H34O2. The highest BCUT2D eigenvalue weighted by atomic mass is 16.3. The molecule has 4 fully saturated rings. The minimum atomic E-state index is -0.0517. The molecule has 4 saturated carbocycles. The number of rotatable bonds is 2. The van der Waals surface area contributed by atoms with Crippen LogP contribution in [0.4, 0.5) is 0 Å². The number of carbonyl (C=O) groups is 1. The molecule has 0 radical (unpaired) electrons. The van der Waals surface area contributed by atoms with E-state index in [1.54, 1.807) is 0 Å². The van der Waals surface area contributed by atoms with Crippen molar-refractivity contribution in [3.8, 4) is 0 Å². The van der Waals surface area contributed by atoms with Crippen molar-refractivity contribution < 1.29 is 9.90 Å². The van der Waals surface area contributed by atoms with Crippen LogP contribution in [0.3, 0.4) is 0 Å². The number of fused-ring (bicyclic) bond motifs is 5. The fourth-order valence-electron chi connectivity index (χ4n) is 7.94. The normalized spacial score (nSPS) is 52.7. The minimum absolute atomic E-state index is 0.0517. The van der Waals surface area contributed by atoms with Gasteiger partial charge in [0.15, 0.2) is 0 Å². The van der Waals surface area contributed by atoms with Gasteiger partial charge in [0.1, 0.15) is 5.78 Å². The second-order valence-corrected chi connectivity index (χ2v) is 9.46. The maximum absolute atomic E-state index is 13.0. The second kappa shape index (κ2) is 5.58. The van der Waals surface area contributed by atoms with Crippen molar-refractivity contribution in [2.75, 3.05) is 6.61 Å². The van der Waals surface area contributed by atoms with E-state index in [9.17, 15) is 9.90 Å². The highest BCUT2D eigenvalue weighted by molar-refractivity contribution is 5.83. The first kappa shape index (κ1) is 16.1. The Labute approximate surface area is 141 Å². The van der Waals surface area contributed by atoms with Crippen molar-refractivity contribution in [3.63, 3.8) is 0 Å². The molecule has 130 valence electrons. The van der Waals surface area contributed by atoms with Crippen molar-refractivity contribution in [3.05, 3.63) is 0 Å². The van der Waals surface area contributed by atoms with Crippen molar-refractivity contribution in [1.29, 1.82) is 0 Å². The van der Waals surface area contributed by atoms with Gasteiger partial charge in [-0.1, -0.05) is 33.1 Å². The summed E-state index contributed by atoms with van der Waals surface area (Å²) in [7, 11) is 0. The van der Waals surface area contributed by atoms with E-state index in [0.29, 0.717) is 23.0 Å². The van der Waals surface area contributed by atoms with Crippen LogP contribution in [-0.2, 0) is 4.79 Å². The molecule has 0 spiro atoms. The van der Waals surface area contributed by atoms with Crippen LogP contribution in [0.2, 0.25) is 0 Å². The molecule has 0 amide bonds. The lowest BCUT2D eigenvalue weighted by atomic mass is 9.44. The third kappa shape index (κ3) is 2.06. The van der Waals surface area contributed by atoms with Gasteiger partial charge in [-0.25, -0.2) is 0 Å². The van der Waals surface area contributed by atoms with Gasteiger partial charge in [0.25, 0.3) is 0 Å². The van der Waals surface area contributed by atoms with E-state index in [1.807, 2.05) is 0 Å². The minimum Gasteiger partial charge on any atom is -0.396 e. The number of aliphatic hydroxyl groups excluding tert-OH is 1. The van der Waals surface area contributed by atoms with Gasteiger partial charge in [-0.15, -0.1) is 0 Å². The molecule has 4 aliphatic carbocycles. The fraction of sp³-hybridized carbons (Fsp3) is 0.952. The third-order valence-corrected chi connectivity index (χ3v) is 9.06. The fourth-order valence-corrected chi connectivity index (χ4v) is 7.94. The Balaban J connectivity index is 1.70. The first-order valence-electron chi connectivity index (χ1n) is 10.2. The lowest BCUT2D eigenvalue weighted by molar-refractivity contribution is -0.164. The van der Waals surface area contributed by atoms with E-state index < -0.39 is 0 Å². The Morgan fingerprint density at radius 1 is 1.09 bits per heavy atom. The number of aliphatic hydroxyl groups is 1. The van der Waals surface area contributed by atoms with Gasteiger partial charge in [0.2, 0.25) is 0 Å². The largest absolute Gasteiger partial charge is 0.396 e. The number of ketones is 1. The van der Waals surface area contributed by atoms with E-state index in [-0.39, 0.29) is 17.9 Å². The first-order chi connectivity index (χ1) is 11.1. The van der Waals surface area contributed by atoms with Crippen molar-refractivity contribution >= 4 is 5.78 Å². The molecule has 23 heavy (non-hydrogen) atoms. The molecule has 0 aliphatic heterocycles. The average molecular weight is 319 g/mol. The van der Waals surface area contributed by atoms with Gasteiger partial charge in [0, 0.05) is 24.4 Å². The van der Waals surface area contributed by atoms with Gasteiger partial charge in [0.05, 0.1) is 0 Å². The Morgan fingerprint density at radius 3 is 2.65 bits per heavy atom. The second-order valence-electron chi connectivity index (χ2n) is 9.46. The van der Waals surface area contributed by atoms with Crippen LogP contribution in [0.5, 0.6) is 0 Å². The molecule has 2 nitrogen and oxygen atoms in total. The molecule has 7 atom stereocenters. The molecule has 2 heteroatoms. The van der Waals surface area contributed by atoms with Crippen LogP contribution >= 0.6 is 0 Å². The number of carbonyl (C=O) groups excluding carboxylic acids is 1. The van der Waals surface area contributed by atoms with Crippen molar-refractivity contribution in [2.45, 2.75) is 78.1 Å². The zero-order valence-electron chi connectivity index (χ0n) is 15.0. The Hall–Kier alpha value is -0.370. The summed E-state index contributed by atoms with van der Waals surface area (Å²) < 4.78 is 0. The lowest BCUT2D eigenvalue weighted by Gasteiger charge is -2.60. The van der Waals surface area contributed by atoms with Crippen molar-refractivity contribution in [2.24, 2.45) is 40.4 Å². The Kier molecular flexibility index (Phi) is 3.91. The monoisotopic (exact) mass is 318 g/mol. The van der Waals surface area contributed by atoms with Gasteiger partial charge in [-0.05, 0) is 67.6 Å². The molecule has 0 saturated heterocycles. The quantitative estimate of drug-likeness (QED) is 0.808. The molecule has 4 rings (SSSR count). The number of Topliss-reactive ketones (excluding diaryl/α,β-unsaturated/α-hetero) is 1. The molecule has 0 aromatic heterocycles. The van der Waals surface area contributed by atoms with Crippen LogP contribution in [0.25, 0.3) is 0 Å². The smallest absolute Gasteiger partial charge is 0.136 e. The van der Waals surface area contributed by atoms with E-state index in [1.165, 1.54) is 44.9 Å². The maximum Gasteiger partial charge on any atom is 0.136 e. The Bertz CT molecular complexity index is 486. The standard InChI is InChI=1S/C21H34O2/c1-3-14-7-8-16-15-12-19(23)18-6-4-5-10-21(18,13-22)17(15)9-11-20(14,16)2/h14-18,22H,3-13H2,1-2H3/t14-,15-,16-,17-,18?,20+,21-/m0/s1. The van der Waals surface area contributed by atoms with Crippen LogP contribution < -0.4 is 0 Å². The van der Waals surface area contributed by atoms with Gasteiger partial charge >= 0.3 is 0 Å². The molecule has 4 aliphatic rings. The summed E-state index contributed by atoms with van der Waals surface area (Å²) in [6, 6.07) is 0. The van der Waals surface area contributed by atoms with Gasteiger partial charge < -0.3 is 5.11 Å². The van der Waals surface area contributed by atoms with Crippen LogP contribution in [0, 0.1) is 40.4 Å². The van der Waals surface area contributed by atoms with Gasteiger partial charge in [-0.3, -0.25) is 4.79 Å². The Morgan fingerprint density at radius 2 is 1.91 bits per heavy atom. The summed E-state index contributed by atoms with van der Waals surface area (Å²) in [4.78, 5) is 13.0. The van der Waals surface area contributed by atoms with Crippen LogP contribution in [-0.4, -0.2) is 17.5 Å². The zero-order valence-corrected chi connectivity index (χ0v) is 15.0. The predicted octanol–water partition coefficient (Wildman–Crippen LogP) is 4.60. The van der Waals surface area contributed by atoms with Crippen LogP contribution in [0.1, 0.15) is 78.1 Å². The van der Waals surface area contributed by atoms with E-state index in [4.69, 9.17) is 0 Å². The first-order valence-corrected chi connectivity index (χ1v) is 10.2. The average Bonchev–Trinajstić information content (AvgIpc) is 2.91. The third-order valence-electron chi connectivity index (χ3n) is 9.06. The van der Waals surface area contributed by atoms with E-state index in [0.717, 1.165) is 31.1 Å². The SMILES string of the molecule is CC[C@H]1CC[C@H]2[C@@H]3CC(=O)C4CCCC[C@]4(CO)[C@H]3CC[C@]12C. The maximum atomic E-state index is 13.0. The van der Waals surface area contributed by atoms with Crippen molar-refractivity contribution in [1.82, 2.24) is 0 Å². The summed E-state index contributed by atoms with van der Waals surface area (Å²) in [5.41, 5.74) is 0.415. The summed E-state index contributed by atoms with van der Waals surface area (Å²) in [6.45, 7) is 5.13. The number of hydrogen-bond donors (Lipinski definition) is 1. The summed E-state index contributed by atoms with van der Waals surface area (Å²) in [6.07, 6.45) is 12.0. The number of hydrogen-bond acceptors (Lipinski definition) is 2. The van der Waals surface area contributed by atoms with E-state index in [2.05, 4.69) is 13.8 Å². The summed E-state index contributed by atoms with van der Waals surface area (Å²) >= 11 is 0. The molecule has 0 aromatic rings. The molecule has 1 unspecified atom stereocenters. The highest BCUT2D eigenvalue weighted by Gasteiger charge is 2.62. The molecule has 0 bridgehead atoms. The molecular weight excluding hydrogens is 284 g/mol. The van der Waals surface area contributed by atoms with Gasteiger partial charge in [-0.2, -0.15) is 0 Å². The summed E-state index contributed by atoms with van der Waals surface area (Å²) in [5.74, 6) is 3.46. The van der Waals surface area contributed by atoms with E-state index >= 15 is 0 Å². The zero-order chi connectivity index (χ0) is 16.2. The summed E-state index contributed by atoms with van der Waals surface area (Å²) in [5, 5.41) is 10.4. The predicted molar refractivity (Wildman–Crippen MR) is 91.9 cm³/mol. The molecule has 0 heterocycles. The lowest BCUT2D eigenvalue weighted by Crippen LogP contribution is -2.58. The van der Waals surface area contributed by atoms with Crippen LogP contribution in [0.15, 0.2) is 0 Å². The highest BCUT2D eigenvalue weighted by Crippen LogP contribution is 2.67. The molecule has 0 aromatic carbocycles. The topological polar surface area (TPSA) is 37.3 Å². The molecule has 1 N–H and O–H groups in total.